The molecule has 1 saturated heterocycles. The molecule has 2 atom stereocenters. The fourth-order valence-corrected chi connectivity index (χ4v) is 3.21. The largest absolute Gasteiger partial charge is 0.351 e. The zero-order valence-corrected chi connectivity index (χ0v) is 15.5. The minimum Gasteiger partial charge on any atom is -0.351 e. The van der Waals surface area contributed by atoms with Gasteiger partial charge in [0.25, 0.3) is 5.91 Å². The molecule has 2 unspecified atom stereocenters. The van der Waals surface area contributed by atoms with Crippen molar-refractivity contribution in [2.24, 2.45) is 11.7 Å². The number of nitrogens with one attached hydrogen (secondary N) is 2. The third-order valence-electron chi connectivity index (χ3n) is 4.63. The summed E-state index contributed by atoms with van der Waals surface area (Å²) in [7, 11) is 0. The summed E-state index contributed by atoms with van der Waals surface area (Å²) in [5.74, 6) is -0.905. The quantitative estimate of drug-likeness (QED) is 0.651. The number of likely N-dealkylation sites (tertiary alicyclic amines) is 1. The first kappa shape index (κ1) is 19.9. The molecule has 3 amide bonds. The van der Waals surface area contributed by atoms with Gasteiger partial charge in [0, 0.05) is 32.1 Å². The smallest absolute Gasteiger partial charge is 0.253 e. The van der Waals surface area contributed by atoms with Crippen molar-refractivity contribution in [3.8, 4) is 0 Å². The van der Waals surface area contributed by atoms with E-state index in [9.17, 15) is 14.4 Å². The van der Waals surface area contributed by atoms with E-state index in [1.807, 2.05) is 6.92 Å². The van der Waals surface area contributed by atoms with Crippen LogP contribution in [0.1, 0.15) is 43.5 Å². The number of hydrogen-bond acceptors (Lipinski definition) is 4. The summed E-state index contributed by atoms with van der Waals surface area (Å²) in [5, 5.41) is 5.51. The molecule has 0 radical (unpaired) electrons. The summed E-state index contributed by atoms with van der Waals surface area (Å²) in [6, 6.07) is 6.96. The van der Waals surface area contributed by atoms with E-state index in [0.29, 0.717) is 30.9 Å². The molecule has 1 aliphatic rings. The second-order valence-electron chi connectivity index (χ2n) is 6.66. The van der Waals surface area contributed by atoms with Crippen molar-refractivity contribution in [1.29, 1.82) is 0 Å². The summed E-state index contributed by atoms with van der Waals surface area (Å²) >= 11 is 0. The van der Waals surface area contributed by atoms with Gasteiger partial charge in [0.15, 0.2) is 0 Å². The van der Waals surface area contributed by atoms with Gasteiger partial charge in [-0.15, -0.1) is 0 Å². The average Bonchev–Trinajstić information content (AvgIpc) is 3.02. The SMILES string of the molecule is CCCC(C)N1CC(C(=O)Nc2ccccc2C(=O)NCCN)CC1=O. The van der Waals surface area contributed by atoms with Crippen LogP contribution in [0.2, 0.25) is 0 Å². The molecule has 1 aliphatic heterocycles. The lowest BCUT2D eigenvalue weighted by Gasteiger charge is -2.24. The van der Waals surface area contributed by atoms with Crippen molar-refractivity contribution in [2.75, 3.05) is 25.0 Å². The Labute approximate surface area is 154 Å². The van der Waals surface area contributed by atoms with Crippen molar-refractivity contribution in [3.63, 3.8) is 0 Å². The van der Waals surface area contributed by atoms with Gasteiger partial charge in [0.1, 0.15) is 0 Å². The highest BCUT2D eigenvalue weighted by Gasteiger charge is 2.36. The van der Waals surface area contributed by atoms with Crippen LogP contribution >= 0.6 is 0 Å². The van der Waals surface area contributed by atoms with Gasteiger partial charge in [-0.3, -0.25) is 14.4 Å². The summed E-state index contributed by atoms with van der Waals surface area (Å²) in [6.45, 7) is 5.22. The number of para-hydroxylation sites is 1. The minimum atomic E-state index is -0.401. The topological polar surface area (TPSA) is 105 Å². The van der Waals surface area contributed by atoms with Gasteiger partial charge in [-0.1, -0.05) is 25.5 Å². The maximum atomic E-state index is 12.6. The van der Waals surface area contributed by atoms with Crippen LogP contribution in [-0.2, 0) is 9.59 Å². The average molecular weight is 360 g/mol. The van der Waals surface area contributed by atoms with Crippen molar-refractivity contribution in [1.82, 2.24) is 10.2 Å². The summed E-state index contributed by atoms with van der Waals surface area (Å²) in [4.78, 5) is 38.9. The van der Waals surface area contributed by atoms with Crippen molar-refractivity contribution in [2.45, 2.75) is 39.2 Å². The summed E-state index contributed by atoms with van der Waals surface area (Å²) in [6.07, 6.45) is 2.12. The first-order valence-electron chi connectivity index (χ1n) is 9.15. The molecule has 0 spiro atoms. The van der Waals surface area contributed by atoms with Crippen LogP contribution in [0.3, 0.4) is 0 Å². The van der Waals surface area contributed by atoms with E-state index in [4.69, 9.17) is 5.73 Å². The molecule has 4 N–H and O–H groups in total. The maximum absolute atomic E-state index is 12.6. The minimum absolute atomic E-state index is 0.0140. The fraction of sp³-hybridized carbons (Fsp3) is 0.526. The Hall–Kier alpha value is -2.41. The standard InChI is InChI=1S/C19H28N4O3/c1-3-6-13(2)23-12-14(11-17(23)24)18(25)22-16-8-5-4-7-15(16)19(26)21-10-9-20/h4-5,7-8,13-14H,3,6,9-12,20H2,1-2H3,(H,21,26)(H,22,25). The van der Waals surface area contributed by atoms with Gasteiger partial charge in [0.05, 0.1) is 17.2 Å². The van der Waals surface area contributed by atoms with E-state index < -0.39 is 5.92 Å². The lowest BCUT2D eigenvalue weighted by atomic mass is 10.1. The number of nitrogens with zero attached hydrogens (tertiary/aromatic N) is 1. The van der Waals surface area contributed by atoms with Crippen molar-refractivity contribution < 1.29 is 14.4 Å². The Morgan fingerprint density at radius 2 is 2.08 bits per heavy atom. The van der Waals surface area contributed by atoms with Crippen LogP contribution in [0.15, 0.2) is 24.3 Å². The Bertz CT molecular complexity index is 662. The molecular formula is C19H28N4O3. The first-order chi connectivity index (χ1) is 12.5. The van der Waals surface area contributed by atoms with Gasteiger partial charge in [-0.05, 0) is 25.5 Å². The summed E-state index contributed by atoms with van der Waals surface area (Å²) in [5.41, 5.74) is 6.24. The lowest BCUT2D eigenvalue weighted by Crippen LogP contribution is -2.35. The molecule has 7 heteroatoms. The van der Waals surface area contributed by atoms with Gasteiger partial charge < -0.3 is 21.3 Å². The van der Waals surface area contributed by atoms with Crippen molar-refractivity contribution >= 4 is 23.4 Å². The normalized spacial score (nSPS) is 17.9. The molecule has 7 nitrogen and oxygen atoms in total. The second-order valence-corrected chi connectivity index (χ2v) is 6.66. The number of anilines is 1. The molecule has 0 saturated carbocycles. The number of nitrogens with two attached hydrogens (primary N) is 1. The molecule has 26 heavy (non-hydrogen) atoms. The van der Waals surface area contributed by atoms with E-state index in [0.717, 1.165) is 12.8 Å². The highest BCUT2D eigenvalue weighted by molar-refractivity contribution is 6.05. The monoisotopic (exact) mass is 360 g/mol. The van der Waals surface area contributed by atoms with Gasteiger partial charge in [-0.25, -0.2) is 0 Å². The van der Waals surface area contributed by atoms with E-state index in [1.165, 1.54) is 0 Å². The van der Waals surface area contributed by atoms with Crippen LogP contribution in [0.5, 0.6) is 0 Å². The van der Waals surface area contributed by atoms with E-state index in [2.05, 4.69) is 17.6 Å². The molecule has 0 aliphatic carbocycles. The lowest BCUT2D eigenvalue weighted by molar-refractivity contribution is -0.129. The predicted octanol–water partition coefficient (Wildman–Crippen LogP) is 1.35. The van der Waals surface area contributed by atoms with E-state index in [-0.39, 0.29) is 30.2 Å². The van der Waals surface area contributed by atoms with Gasteiger partial charge in [0.2, 0.25) is 11.8 Å². The number of carbonyl (C=O) groups excluding carboxylic acids is 3. The Morgan fingerprint density at radius 1 is 1.35 bits per heavy atom. The molecule has 142 valence electrons. The highest BCUT2D eigenvalue weighted by Crippen LogP contribution is 2.24. The molecule has 0 aromatic heterocycles. The maximum Gasteiger partial charge on any atom is 0.253 e. The number of carbonyl (C=O) groups is 3. The van der Waals surface area contributed by atoms with E-state index in [1.54, 1.807) is 29.2 Å². The molecule has 2 rings (SSSR count). The van der Waals surface area contributed by atoms with Crippen LogP contribution in [0, 0.1) is 5.92 Å². The van der Waals surface area contributed by atoms with Crippen LogP contribution < -0.4 is 16.4 Å². The third kappa shape index (κ3) is 4.82. The molecule has 1 fully saturated rings. The Kier molecular flexibility index (Phi) is 7.15. The first-order valence-corrected chi connectivity index (χ1v) is 9.15. The Balaban J connectivity index is 2.04. The molecule has 1 aromatic rings. The number of hydrogen-bond donors (Lipinski definition) is 3. The predicted molar refractivity (Wildman–Crippen MR) is 101 cm³/mol. The van der Waals surface area contributed by atoms with Gasteiger partial charge in [-0.2, -0.15) is 0 Å². The van der Waals surface area contributed by atoms with Crippen molar-refractivity contribution in [3.05, 3.63) is 29.8 Å². The third-order valence-corrected chi connectivity index (χ3v) is 4.63. The van der Waals surface area contributed by atoms with Gasteiger partial charge >= 0.3 is 0 Å². The summed E-state index contributed by atoms with van der Waals surface area (Å²) < 4.78 is 0. The zero-order chi connectivity index (χ0) is 19.1. The molecule has 1 aromatic carbocycles. The number of amides is 3. The Morgan fingerprint density at radius 3 is 2.77 bits per heavy atom. The second kappa shape index (κ2) is 9.33. The van der Waals surface area contributed by atoms with Crippen LogP contribution in [0.25, 0.3) is 0 Å². The molecule has 0 bridgehead atoms. The fourth-order valence-electron chi connectivity index (χ4n) is 3.21. The number of benzene rings is 1. The highest BCUT2D eigenvalue weighted by atomic mass is 16.2. The molecule has 1 heterocycles. The van der Waals surface area contributed by atoms with Crippen LogP contribution in [-0.4, -0.2) is 48.3 Å². The number of rotatable bonds is 8. The zero-order valence-electron chi connectivity index (χ0n) is 15.5. The van der Waals surface area contributed by atoms with Crippen LogP contribution in [0.4, 0.5) is 5.69 Å². The molecular weight excluding hydrogens is 332 g/mol. The van der Waals surface area contributed by atoms with E-state index >= 15 is 0 Å².